The number of hydrogen-bond acceptors (Lipinski definition) is 2. The molecule has 0 aliphatic carbocycles. The van der Waals surface area contributed by atoms with E-state index >= 15 is 0 Å². The number of alkyl halides is 2. The zero-order chi connectivity index (χ0) is 15.2. The van der Waals surface area contributed by atoms with Gasteiger partial charge in [-0.15, -0.1) is 23.2 Å². The second-order valence-corrected chi connectivity index (χ2v) is 9.69. The smallest absolute Gasteiger partial charge is 0.333 e. The van der Waals surface area contributed by atoms with Crippen molar-refractivity contribution < 1.29 is 9.53 Å². The summed E-state index contributed by atoms with van der Waals surface area (Å²) in [4.78, 5) is 11.1. The molecule has 0 radical (unpaired) electrons. The molecular formula is C15H28Cl2O2Si. The van der Waals surface area contributed by atoms with Crippen LogP contribution in [0.15, 0.2) is 12.2 Å². The standard InChI is InChI=1S/C15H28Cl2O2Si/c1-13(2)14(18)19-11-9-7-5-3-4-6-8-10-12-20-15(16)17/h15H,1,3-12,20H2,2H3. The number of rotatable bonds is 13. The molecule has 0 saturated carbocycles. The van der Waals surface area contributed by atoms with Crippen molar-refractivity contribution in [2.45, 2.75) is 68.8 Å². The Morgan fingerprint density at radius 2 is 1.55 bits per heavy atom. The third-order valence-electron chi connectivity index (χ3n) is 3.15. The van der Waals surface area contributed by atoms with Crippen LogP contribution in [0.5, 0.6) is 0 Å². The molecule has 0 aromatic carbocycles. The summed E-state index contributed by atoms with van der Waals surface area (Å²) in [5.74, 6) is -0.273. The third kappa shape index (κ3) is 14.4. The van der Waals surface area contributed by atoms with Gasteiger partial charge in [-0.3, -0.25) is 0 Å². The lowest BCUT2D eigenvalue weighted by atomic mass is 10.1. The highest BCUT2D eigenvalue weighted by Crippen LogP contribution is 2.11. The maximum Gasteiger partial charge on any atom is 0.333 e. The van der Waals surface area contributed by atoms with Gasteiger partial charge < -0.3 is 4.74 Å². The van der Waals surface area contributed by atoms with Gasteiger partial charge in [-0.25, -0.2) is 4.79 Å². The van der Waals surface area contributed by atoms with Gasteiger partial charge in [0.25, 0.3) is 0 Å². The Kier molecular flexibility index (Phi) is 14.0. The van der Waals surface area contributed by atoms with Crippen LogP contribution in [0.25, 0.3) is 0 Å². The van der Waals surface area contributed by atoms with Crippen LogP contribution in [-0.2, 0) is 9.53 Å². The highest BCUT2D eigenvalue weighted by molar-refractivity contribution is 6.68. The fourth-order valence-corrected chi connectivity index (χ4v) is 3.80. The van der Waals surface area contributed by atoms with Gasteiger partial charge in [0.2, 0.25) is 0 Å². The van der Waals surface area contributed by atoms with Crippen LogP contribution >= 0.6 is 23.2 Å². The first kappa shape index (κ1) is 20.0. The number of carbonyl (C=O) groups excluding carboxylic acids is 1. The Morgan fingerprint density at radius 3 is 2.05 bits per heavy atom. The number of ether oxygens (including phenoxy) is 1. The van der Waals surface area contributed by atoms with Crippen molar-refractivity contribution in [3.05, 3.63) is 12.2 Å². The lowest BCUT2D eigenvalue weighted by Gasteiger charge is -2.04. The summed E-state index contributed by atoms with van der Waals surface area (Å²) in [7, 11) is -0.237. The van der Waals surface area contributed by atoms with Gasteiger partial charge in [-0.1, -0.05) is 57.6 Å². The van der Waals surface area contributed by atoms with Gasteiger partial charge in [0.1, 0.15) is 0 Å². The molecule has 0 spiro atoms. The minimum atomic E-state index is -0.273. The Labute approximate surface area is 136 Å². The number of esters is 1. The van der Waals surface area contributed by atoms with Crippen LogP contribution < -0.4 is 0 Å². The van der Waals surface area contributed by atoms with Crippen LogP contribution in [0.2, 0.25) is 6.04 Å². The topological polar surface area (TPSA) is 26.3 Å². The predicted molar refractivity (Wildman–Crippen MR) is 91.6 cm³/mol. The van der Waals surface area contributed by atoms with Gasteiger partial charge in [0.05, 0.1) is 20.6 Å². The zero-order valence-corrected chi connectivity index (χ0v) is 15.6. The molecule has 0 amide bonds. The van der Waals surface area contributed by atoms with E-state index in [9.17, 15) is 4.79 Å². The molecule has 0 atom stereocenters. The van der Waals surface area contributed by atoms with Crippen LogP contribution in [0.4, 0.5) is 0 Å². The molecule has 0 aromatic heterocycles. The molecule has 0 aliphatic heterocycles. The molecule has 5 heteroatoms. The monoisotopic (exact) mass is 338 g/mol. The quantitative estimate of drug-likeness (QED) is 0.161. The van der Waals surface area contributed by atoms with Crippen LogP contribution in [0, 0.1) is 0 Å². The highest BCUT2D eigenvalue weighted by Gasteiger charge is 2.02. The molecular weight excluding hydrogens is 311 g/mol. The minimum absolute atomic E-state index is 0.0611. The molecule has 0 N–H and O–H groups in total. The van der Waals surface area contributed by atoms with Crippen molar-refractivity contribution in [3.8, 4) is 0 Å². The van der Waals surface area contributed by atoms with E-state index in [2.05, 4.69) is 6.58 Å². The van der Waals surface area contributed by atoms with E-state index in [1.807, 2.05) is 0 Å². The van der Waals surface area contributed by atoms with Crippen molar-refractivity contribution in [1.29, 1.82) is 0 Å². The van der Waals surface area contributed by atoms with E-state index in [0.29, 0.717) is 12.2 Å². The van der Waals surface area contributed by atoms with Gasteiger partial charge >= 0.3 is 5.97 Å². The molecule has 0 aromatic rings. The fourth-order valence-electron chi connectivity index (χ4n) is 1.93. The summed E-state index contributed by atoms with van der Waals surface area (Å²) in [6, 6.07) is 1.27. The summed E-state index contributed by atoms with van der Waals surface area (Å²) in [6.45, 7) is 5.74. The van der Waals surface area contributed by atoms with Crippen LogP contribution in [0.3, 0.4) is 0 Å². The van der Waals surface area contributed by atoms with Crippen molar-refractivity contribution in [2.75, 3.05) is 6.61 Å². The number of unbranched alkanes of at least 4 members (excludes halogenated alkanes) is 7. The SMILES string of the molecule is C=C(C)C(=O)OCCCCCCCCCC[SiH2]C(Cl)Cl. The maximum atomic E-state index is 11.1. The highest BCUT2D eigenvalue weighted by atomic mass is 35.5. The van der Waals surface area contributed by atoms with E-state index in [0.717, 1.165) is 12.8 Å². The molecule has 0 bridgehead atoms. The van der Waals surface area contributed by atoms with Crippen molar-refractivity contribution in [1.82, 2.24) is 0 Å². The molecule has 118 valence electrons. The summed E-state index contributed by atoms with van der Waals surface area (Å²) >= 11 is 11.5. The molecule has 0 fully saturated rings. The average molecular weight is 339 g/mol. The first-order chi connectivity index (χ1) is 9.54. The fraction of sp³-hybridized carbons (Fsp3) is 0.800. The first-order valence-electron chi connectivity index (χ1n) is 7.65. The van der Waals surface area contributed by atoms with E-state index in [1.54, 1.807) is 6.92 Å². The minimum Gasteiger partial charge on any atom is -0.462 e. The lowest BCUT2D eigenvalue weighted by Crippen LogP contribution is -2.05. The maximum absolute atomic E-state index is 11.1. The summed E-state index contributed by atoms with van der Waals surface area (Å²) in [5, 5.41) is 0. The molecule has 0 rings (SSSR count). The zero-order valence-electron chi connectivity index (χ0n) is 12.6. The number of halogens is 2. The normalized spacial score (nSPS) is 11.4. The Bertz CT molecular complexity index is 271. The molecule has 0 heterocycles. The van der Waals surface area contributed by atoms with E-state index < -0.39 is 0 Å². The van der Waals surface area contributed by atoms with E-state index in [1.165, 1.54) is 44.6 Å². The Morgan fingerprint density at radius 1 is 1.05 bits per heavy atom. The first-order valence-corrected chi connectivity index (χ1v) is 10.3. The molecule has 2 nitrogen and oxygen atoms in total. The summed E-state index contributed by atoms with van der Waals surface area (Å²) < 4.78 is 4.98. The second kappa shape index (κ2) is 14.0. The largest absolute Gasteiger partial charge is 0.462 e. The molecule has 0 unspecified atom stereocenters. The summed E-state index contributed by atoms with van der Waals surface area (Å²) in [6.07, 6.45) is 9.81. The molecule has 0 saturated heterocycles. The molecule has 20 heavy (non-hydrogen) atoms. The van der Waals surface area contributed by atoms with Gasteiger partial charge in [-0.05, 0) is 13.3 Å². The predicted octanol–water partition coefficient (Wildman–Crippen LogP) is 4.57. The Hall–Kier alpha value is 0.00688. The van der Waals surface area contributed by atoms with Crippen molar-refractivity contribution in [3.63, 3.8) is 0 Å². The summed E-state index contributed by atoms with van der Waals surface area (Å²) in [5.41, 5.74) is 0.475. The molecule has 0 aliphatic rings. The van der Waals surface area contributed by atoms with E-state index in [4.69, 9.17) is 27.9 Å². The third-order valence-corrected chi connectivity index (χ3v) is 5.80. The lowest BCUT2D eigenvalue weighted by molar-refractivity contribution is -0.139. The average Bonchev–Trinajstić information content (AvgIpc) is 2.39. The van der Waals surface area contributed by atoms with Crippen molar-refractivity contribution in [2.24, 2.45) is 0 Å². The van der Waals surface area contributed by atoms with Gasteiger partial charge in [0, 0.05) is 5.57 Å². The Balaban J connectivity index is 3.10. The van der Waals surface area contributed by atoms with Gasteiger partial charge in [-0.2, -0.15) is 0 Å². The van der Waals surface area contributed by atoms with Crippen molar-refractivity contribution >= 4 is 38.7 Å². The number of hydrogen-bond donors (Lipinski definition) is 0. The van der Waals surface area contributed by atoms with Crippen LogP contribution in [-0.4, -0.2) is 26.6 Å². The number of carbonyl (C=O) groups is 1. The second-order valence-electron chi connectivity index (χ2n) is 5.28. The van der Waals surface area contributed by atoms with E-state index in [-0.39, 0.29) is 19.9 Å². The van der Waals surface area contributed by atoms with Gasteiger partial charge in [0.15, 0.2) is 0 Å². The van der Waals surface area contributed by atoms with Crippen LogP contribution in [0.1, 0.15) is 58.3 Å².